The number of nitrogens with one attached hydrogen (secondary N) is 1. The van der Waals surface area contributed by atoms with Crippen molar-refractivity contribution in [3.63, 3.8) is 0 Å². The Balaban J connectivity index is 1.88. The molecular formula is C20H19NO4. The fourth-order valence-electron chi connectivity index (χ4n) is 3.08. The second-order valence-electron chi connectivity index (χ2n) is 6.08. The second kappa shape index (κ2) is 6.16. The van der Waals surface area contributed by atoms with E-state index in [-0.39, 0.29) is 12.2 Å². The first kappa shape index (κ1) is 15.6. The summed E-state index contributed by atoms with van der Waals surface area (Å²) in [6, 6.07) is 9.37. The van der Waals surface area contributed by atoms with Crippen molar-refractivity contribution >= 4 is 10.9 Å². The fraction of sp³-hybridized carbons (Fsp3) is 0.250. The van der Waals surface area contributed by atoms with Gasteiger partial charge in [0, 0.05) is 11.8 Å². The van der Waals surface area contributed by atoms with Crippen molar-refractivity contribution in [2.75, 3.05) is 13.4 Å². The van der Waals surface area contributed by atoms with Crippen molar-refractivity contribution in [1.29, 1.82) is 0 Å². The lowest BCUT2D eigenvalue weighted by Gasteiger charge is -2.11. The average molecular weight is 337 g/mol. The Hall–Kier alpha value is -2.95. The van der Waals surface area contributed by atoms with Gasteiger partial charge in [0.25, 0.3) is 0 Å². The van der Waals surface area contributed by atoms with Crippen molar-refractivity contribution in [3.8, 4) is 28.4 Å². The van der Waals surface area contributed by atoms with Crippen molar-refractivity contribution in [1.82, 2.24) is 4.98 Å². The van der Waals surface area contributed by atoms with Gasteiger partial charge in [0.1, 0.15) is 5.75 Å². The van der Waals surface area contributed by atoms with Crippen LogP contribution in [-0.2, 0) is 0 Å². The molecule has 25 heavy (non-hydrogen) atoms. The maximum absolute atomic E-state index is 13.1. The third-order valence-electron chi connectivity index (χ3n) is 4.35. The van der Waals surface area contributed by atoms with Gasteiger partial charge in [0.05, 0.1) is 17.5 Å². The largest absolute Gasteiger partial charge is 0.491 e. The third kappa shape index (κ3) is 2.61. The molecular weight excluding hydrogens is 318 g/mol. The summed E-state index contributed by atoms with van der Waals surface area (Å²) < 4.78 is 16.5. The Bertz CT molecular complexity index is 1010. The van der Waals surface area contributed by atoms with Crippen molar-refractivity contribution < 1.29 is 14.2 Å². The van der Waals surface area contributed by atoms with Gasteiger partial charge in [-0.25, -0.2) is 0 Å². The molecule has 3 aromatic rings. The molecule has 1 aliphatic heterocycles. The Morgan fingerprint density at radius 1 is 1.16 bits per heavy atom. The van der Waals surface area contributed by atoms with Gasteiger partial charge in [-0.3, -0.25) is 4.79 Å². The van der Waals surface area contributed by atoms with E-state index in [1.807, 2.05) is 37.3 Å². The van der Waals surface area contributed by atoms with Gasteiger partial charge in [-0.15, -0.1) is 0 Å². The molecule has 5 nitrogen and oxygen atoms in total. The molecule has 4 rings (SSSR count). The number of hydrogen-bond acceptors (Lipinski definition) is 4. The molecule has 1 aliphatic rings. The molecule has 5 heteroatoms. The summed E-state index contributed by atoms with van der Waals surface area (Å²) in [5.74, 6) is 2.07. The van der Waals surface area contributed by atoms with Crippen LogP contribution >= 0.6 is 0 Å². The number of rotatable bonds is 4. The van der Waals surface area contributed by atoms with E-state index in [2.05, 4.69) is 11.9 Å². The normalized spacial score (nSPS) is 12.6. The number of aromatic nitrogens is 1. The maximum atomic E-state index is 13.1. The fourth-order valence-corrected chi connectivity index (χ4v) is 3.08. The molecule has 0 aliphatic carbocycles. The van der Waals surface area contributed by atoms with E-state index in [0.29, 0.717) is 34.8 Å². The molecule has 2 aromatic carbocycles. The van der Waals surface area contributed by atoms with E-state index in [0.717, 1.165) is 23.1 Å². The summed E-state index contributed by atoms with van der Waals surface area (Å²) in [6.07, 6.45) is 2.65. The van der Waals surface area contributed by atoms with Crippen LogP contribution in [0.15, 0.2) is 41.3 Å². The predicted molar refractivity (Wildman–Crippen MR) is 96.7 cm³/mol. The Morgan fingerprint density at radius 3 is 2.84 bits per heavy atom. The van der Waals surface area contributed by atoms with Crippen molar-refractivity contribution in [2.45, 2.75) is 20.3 Å². The van der Waals surface area contributed by atoms with Gasteiger partial charge in [-0.2, -0.15) is 0 Å². The van der Waals surface area contributed by atoms with Crippen LogP contribution in [0.4, 0.5) is 0 Å². The Morgan fingerprint density at radius 2 is 2.00 bits per heavy atom. The molecule has 128 valence electrons. The van der Waals surface area contributed by atoms with Gasteiger partial charge in [0.2, 0.25) is 6.79 Å². The second-order valence-corrected chi connectivity index (χ2v) is 6.08. The van der Waals surface area contributed by atoms with Crippen LogP contribution in [0.2, 0.25) is 0 Å². The van der Waals surface area contributed by atoms with Crippen LogP contribution in [-0.4, -0.2) is 18.4 Å². The molecule has 1 aromatic heterocycles. The number of H-pyrrole nitrogens is 1. The molecule has 0 unspecified atom stereocenters. The molecule has 0 radical (unpaired) electrons. The number of ether oxygens (including phenoxy) is 3. The standard InChI is InChI=1S/C20H19NO4/c1-3-8-23-16-6-4-12(2)18-19(16)21-10-14(20(18)22)13-5-7-15-17(9-13)25-11-24-15/h4-7,9-10H,3,8,11H2,1-2H3,(H,21,22). The highest BCUT2D eigenvalue weighted by Crippen LogP contribution is 2.35. The van der Waals surface area contributed by atoms with E-state index in [4.69, 9.17) is 14.2 Å². The maximum Gasteiger partial charge on any atom is 0.231 e. The van der Waals surface area contributed by atoms with E-state index in [9.17, 15) is 4.79 Å². The van der Waals surface area contributed by atoms with Crippen LogP contribution in [0.1, 0.15) is 18.9 Å². The van der Waals surface area contributed by atoms with Gasteiger partial charge >= 0.3 is 0 Å². The van der Waals surface area contributed by atoms with Crippen LogP contribution in [0, 0.1) is 6.92 Å². The van der Waals surface area contributed by atoms with E-state index in [1.54, 1.807) is 6.20 Å². The summed E-state index contributed by atoms with van der Waals surface area (Å²) in [6.45, 7) is 4.82. The zero-order chi connectivity index (χ0) is 17.4. The first-order valence-corrected chi connectivity index (χ1v) is 8.37. The summed E-state index contributed by atoms with van der Waals surface area (Å²) >= 11 is 0. The van der Waals surface area contributed by atoms with Crippen LogP contribution in [0.3, 0.4) is 0 Å². The van der Waals surface area contributed by atoms with Gasteiger partial charge < -0.3 is 19.2 Å². The summed E-state index contributed by atoms with van der Waals surface area (Å²) in [5, 5.41) is 0.656. The highest BCUT2D eigenvalue weighted by Gasteiger charge is 2.17. The van der Waals surface area contributed by atoms with Crippen molar-refractivity contribution in [2.24, 2.45) is 0 Å². The smallest absolute Gasteiger partial charge is 0.231 e. The number of fused-ring (bicyclic) bond motifs is 2. The SMILES string of the molecule is CCCOc1ccc(C)c2c(=O)c(-c3ccc4c(c3)OCO4)c[nH]c12. The minimum Gasteiger partial charge on any atom is -0.491 e. The van der Waals surface area contributed by atoms with Gasteiger partial charge in [-0.1, -0.05) is 19.1 Å². The summed E-state index contributed by atoms with van der Waals surface area (Å²) in [7, 11) is 0. The molecule has 0 saturated heterocycles. The minimum atomic E-state index is -0.0212. The van der Waals surface area contributed by atoms with Crippen LogP contribution in [0.25, 0.3) is 22.0 Å². The van der Waals surface area contributed by atoms with Gasteiger partial charge in [0.15, 0.2) is 16.9 Å². The Kier molecular flexibility index (Phi) is 3.84. The molecule has 0 atom stereocenters. The first-order valence-electron chi connectivity index (χ1n) is 8.37. The average Bonchev–Trinajstić information content (AvgIpc) is 3.09. The first-order chi connectivity index (χ1) is 12.2. The predicted octanol–water partition coefficient (Wildman–Crippen LogP) is 4.02. The summed E-state index contributed by atoms with van der Waals surface area (Å²) in [4.78, 5) is 16.4. The van der Waals surface area contributed by atoms with E-state index in [1.165, 1.54) is 0 Å². The zero-order valence-electron chi connectivity index (χ0n) is 14.2. The lowest BCUT2D eigenvalue weighted by atomic mass is 10.0. The molecule has 1 N–H and O–H groups in total. The molecule has 0 bridgehead atoms. The third-order valence-corrected chi connectivity index (χ3v) is 4.35. The molecule has 0 amide bonds. The number of aromatic amines is 1. The molecule has 0 fully saturated rings. The molecule has 2 heterocycles. The molecule has 0 saturated carbocycles. The van der Waals surface area contributed by atoms with Gasteiger partial charge in [-0.05, 0) is 42.7 Å². The topological polar surface area (TPSA) is 60.6 Å². The lowest BCUT2D eigenvalue weighted by Crippen LogP contribution is -2.09. The summed E-state index contributed by atoms with van der Waals surface area (Å²) in [5.41, 5.74) is 3.03. The van der Waals surface area contributed by atoms with Crippen LogP contribution in [0.5, 0.6) is 17.2 Å². The molecule has 0 spiro atoms. The monoisotopic (exact) mass is 337 g/mol. The highest BCUT2D eigenvalue weighted by molar-refractivity contribution is 5.90. The quantitative estimate of drug-likeness (QED) is 0.781. The van der Waals surface area contributed by atoms with Crippen LogP contribution < -0.4 is 19.6 Å². The highest BCUT2D eigenvalue weighted by atomic mass is 16.7. The number of benzene rings is 2. The zero-order valence-corrected chi connectivity index (χ0v) is 14.2. The van der Waals surface area contributed by atoms with E-state index < -0.39 is 0 Å². The van der Waals surface area contributed by atoms with Crippen molar-refractivity contribution in [3.05, 3.63) is 52.3 Å². The lowest BCUT2D eigenvalue weighted by molar-refractivity contribution is 0.174. The minimum absolute atomic E-state index is 0.0212. The number of hydrogen-bond donors (Lipinski definition) is 1. The Labute approximate surface area is 145 Å². The number of aryl methyl sites for hydroxylation is 1. The number of pyridine rings is 1. The van der Waals surface area contributed by atoms with E-state index >= 15 is 0 Å².